The van der Waals surface area contributed by atoms with Crippen molar-refractivity contribution < 1.29 is 4.79 Å². The lowest BCUT2D eigenvalue weighted by molar-refractivity contribution is -0.111. The predicted octanol–water partition coefficient (Wildman–Crippen LogP) is 5.88. The van der Waals surface area contributed by atoms with Gasteiger partial charge >= 0.3 is 0 Å². The van der Waals surface area contributed by atoms with E-state index in [1.807, 2.05) is 26.2 Å². The van der Waals surface area contributed by atoms with Crippen molar-refractivity contribution in [3.8, 4) is 6.07 Å². The molecule has 1 amide bonds. The standard InChI is InChI=1S/C18H16Cl2N2OS/c1-18(2,3)14-10-24-17(13(14)9-21)22-16(23)7-5-11-4-6-12(19)8-15(11)20/h4-8,10H,1-3H3,(H,22,23)/b7-5+. The number of rotatable bonds is 3. The highest BCUT2D eigenvalue weighted by Gasteiger charge is 2.22. The predicted molar refractivity (Wildman–Crippen MR) is 102 cm³/mol. The zero-order chi connectivity index (χ0) is 17.9. The Balaban J connectivity index is 2.17. The average Bonchev–Trinajstić information content (AvgIpc) is 2.89. The quantitative estimate of drug-likeness (QED) is 0.678. The van der Waals surface area contributed by atoms with Gasteiger partial charge in [0.1, 0.15) is 11.1 Å². The van der Waals surface area contributed by atoms with Crippen LogP contribution in [0.3, 0.4) is 0 Å². The largest absolute Gasteiger partial charge is 0.313 e. The summed E-state index contributed by atoms with van der Waals surface area (Å²) in [5, 5.41) is 15.6. The molecule has 0 aliphatic rings. The molecule has 1 aromatic heterocycles. The van der Waals surface area contributed by atoms with Crippen LogP contribution < -0.4 is 5.32 Å². The summed E-state index contributed by atoms with van der Waals surface area (Å²) in [5.41, 5.74) is 1.98. The van der Waals surface area contributed by atoms with Crippen molar-refractivity contribution in [1.29, 1.82) is 5.26 Å². The number of anilines is 1. The monoisotopic (exact) mass is 378 g/mol. The zero-order valence-corrected chi connectivity index (χ0v) is 15.8. The Labute approximate surface area is 155 Å². The SMILES string of the molecule is CC(C)(C)c1csc(NC(=O)/C=C/c2ccc(Cl)cc2Cl)c1C#N. The van der Waals surface area contributed by atoms with Crippen molar-refractivity contribution in [2.75, 3.05) is 5.32 Å². The van der Waals surface area contributed by atoms with Gasteiger partial charge < -0.3 is 5.32 Å². The van der Waals surface area contributed by atoms with Crippen LogP contribution in [0.4, 0.5) is 5.00 Å². The van der Waals surface area contributed by atoms with E-state index in [0.717, 1.165) is 5.56 Å². The maximum atomic E-state index is 12.1. The summed E-state index contributed by atoms with van der Waals surface area (Å²) in [6, 6.07) is 7.23. The molecule has 1 heterocycles. The number of hydrogen-bond donors (Lipinski definition) is 1. The number of nitriles is 1. The fraction of sp³-hybridized carbons (Fsp3) is 0.222. The molecule has 0 fully saturated rings. The summed E-state index contributed by atoms with van der Waals surface area (Å²) >= 11 is 13.3. The summed E-state index contributed by atoms with van der Waals surface area (Å²) < 4.78 is 0. The summed E-state index contributed by atoms with van der Waals surface area (Å²) in [7, 11) is 0. The smallest absolute Gasteiger partial charge is 0.249 e. The van der Waals surface area contributed by atoms with Crippen LogP contribution in [-0.4, -0.2) is 5.91 Å². The minimum atomic E-state index is -0.320. The first-order chi connectivity index (χ1) is 11.2. The minimum absolute atomic E-state index is 0.156. The molecular formula is C18H16Cl2N2OS. The van der Waals surface area contributed by atoms with Gasteiger partial charge in [-0.1, -0.05) is 50.0 Å². The van der Waals surface area contributed by atoms with Gasteiger partial charge in [0.2, 0.25) is 5.91 Å². The van der Waals surface area contributed by atoms with E-state index in [0.29, 0.717) is 26.2 Å². The molecule has 6 heteroatoms. The molecule has 1 N–H and O–H groups in total. The fourth-order valence-corrected chi connectivity index (χ4v) is 3.68. The topological polar surface area (TPSA) is 52.9 Å². The van der Waals surface area contributed by atoms with Gasteiger partial charge in [0.15, 0.2) is 0 Å². The van der Waals surface area contributed by atoms with Crippen LogP contribution in [0.15, 0.2) is 29.7 Å². The van der Waals surface area contributed by atoms with Crippen molar-refractivity contribution in [2.45, 2.75) is 26.2 Å². The van der Waals surface area contributed by atoms with Crippen LogP contribution >= 0.6 is 34.5 Å². The van der Waals surface area contributed by atoms with Crippen molar-refractivity contribution >= 4 is 51.5 Å². The van der Waals surface area contributed by atoms with E-state index in [2.05, 4.69) is 11.4 Å². The molecule has 0 radical (unpaired) electrons. The molecule has 0 spiro atoms. The van der Waals surface area contributed by atoms with Crippen LogP contribution in [0.25, 0.3) is 6.08 Å². The number of nitrogens with zero attached hydrogens (tertiary/aromatic N) is 1. The third-order valence-electron chi connectivity index (χ3n) is 3.32. The van der Waals surface area contributed by atoms with Gasteiger partial charge in [0, 0.05) is 16.1 Å². The Morgan fingerprint density at radius 1 is 1.33 bits per heavy atom. The second-order valence-corrected chi connectivity index (χ2v) is 7.93. The minimum Gasteiger partial charge on any atom is -0.313 e. The van der Waals surface area contributed by atoms with Gasteiger partial charge in [-0.05, 0) is 40.1 Å². The highest BCUT2D eigenvalue weighted by Crippen LogP contribution is 2.35. The number of thiophene rings is 1. The van der Waals surface area contributed by atoms with Gasteiger partial charge in [0.25, 0.3) is 0 Å². The normalized spacial score (nSPS) is 11.5. The molecule has 0 unspecified atom stereocenters. The molecular weight excluding hydrogens is 363 g/mol. The lowest BCUT2D eigenvalue weighted by atomic mass is 9.86. The third-order valence-corrected chi connectivity index (χ3v) is 4.78. The highest BCUT2D eigenvalue weighted by atomic mass is 35.5. The summed E-state index contributed by atoms with van der Waals surface area (Å²) in [4.78, 5) is 12.1. The number of carbonyl (C=O) groups is 1. The van der Waals surface area contributed by atoms with Crippen LogP contribution in [-0.2, 0) is 10.2 Å². The lowest BCUT2D eigenvalue weighted by Gasteiger charge is -2.17. The van der Waals surface area contributed by atoms with E-state index < -0.39 is 0 Å². The maximum Gasteiger partial charge on any atom is 0.249 e. The molecule has 0 saturated heterocycles. The third kappa shape index (κ3) is 4.39. The van der Waals surface area contributed by atoms with E-state index in [9.17, 15) is 10.1 Å². The number of amides is 1. The van der Waals surface area contributed by atoms with Crippen LogP contribution in [0.5, 0.6) is 0 Å². The Morgan fingerprint density at radius 3 is 2.62 bits per heavy atom. The molecule has 0 aliphatic carbocycles. The first kappa shape index (κ1) is 18.5. The first-order valence-corrected chi connectivity index (χ1v) is 8.82. The molecule has 0 atom stereocenters. The summed E-state index contributed by atoms with van der Waals surface area (Å²) in [5.74, 6) is -0.320. The Kier molecular flexibility index (Phi) is 5.71. The average molecular weight is 379 g/mol. The van der Waals surface area contributed by atoms with Crippen LogP contribution in [0.1, 0.15) is 37.5 Å². The van der Waals surface area contributed by atoms with E-state index in [4.69, 9.17) is 23.2 Å². The molecule has 0 bridgehead atoms. The number of benzene rings is 1. The Morgan fingerprint density at radius 2 is 2.04 bits per heavy atom. The number of carbonyl (C=O) groups excluding carboxylic acids is 1. The zero-order valence-electron chi connectivity index (χ0n) is 13.5. The molecule has 2 rings (SSSR count). The number of hydrogen-bond acceptors (Lipinski definition) is 3. The Bertz CT molecular complexity index is 842. The molecule has 1 aromatic carbocycles. The van der Waals surface area contributed by atoms with Crippen molar-refractivity contribution in [3.05, 3.63) is 56.4 Å². The maximum absolute atomic E-state index is 12.1. The summed E-state index contributed by atoms with van der Waals surface area (Å²) in [6.07, 6.45) is 2.99. The van der Waals surface area contributed by atoms with E-state index in [1.165, 1.54) is 17.4 Å². The van der Waals surface area contributed by atoms with E-state index in [1.54, 1.807) is 24.3 Å². The second-order valence-electron chi connectivity index (χ2n) is 6.20. The van der Waals surface area contributed by atoms with Gasteiger partial charge in [-0.15, -0.1) is 11.3 Å². The fourth-order valence-electron chi connectivity index (χ4n) is 2.07. The van der Waals surface area contributed by atoms with E-state index >= 15 is 0 Å². The van der Waals surface area contributed by atoms with Gasteiger partial charge in [-0.25, -0.2) is 0 Å². The van der Waals surface area contributed by atoms with E-state index in [-0.39, 0.29) is 11.3 Å². The molecule has 0 aliphatic heterocycles. The van der Waals surface area contributed by atoms with Gasteiger partial charge in [-0.3, -0.25) is 4.79 Å². The van der Waals surface area contributed by atoms with Gasteiger partial charge in [-0.2, -0.15) is 5.26 Å². The highest BCUT2D eigenvalue weighted by molar-refractivity contribution is 7.14. The van der Waals surface area contributed by atoms with Crippen LogP contribution in [0, 0.1) is 11.3 Å². The number of nitrogens with one attached hydrogen (secondary N) is 1. The van der Waals surface area contributed by atoms with Crippen molar-refractivity contribution in [3.63, 3.8) is 0 Å². The first-order valence-electron chi connectivity index (χ1n) is 7.18. The molecule has 0 saturated carbocycles. The molecule has 124 valence electrons. The van der Waals surface area contributed by atoms with Crippen LogP contribution in [0.2, 0.25) is 10.0 Å². The summed E-state index contributed by atoms with van der Waals surface area (Å²) in [6.45, 7) is 6.10. The number of halogens is 2. The Hall–Kier alpha value is -1.80. The molecule has 3 nitrogen and oxygen atoms in total. The van der Waals surface area contributed by atoms with Crippen molar-refractivity contribution in [1.82, 2.24) is 0 Å². The molecule has 24 heavy (non-hydrogen) atoms. The lowest BCUT2D eigenvalue weighted by Crippen LogP contribution is -2.13. The molecule has 2 aromatic rings. The van der Waals surface area contributed by atoms with Gasteiger partial charge in [0.05, 0.1) is 5.56 Å². The van der Waals surface area contributed by atoms with Crippen molar-refractivity contribution in [2.24, 2.45) is 0 Å². The second kappa shape index (κ2) is 7.40.